The zero-order chi connectivity index (χ0) is 9.97. The van der Waals surface area contributed by atoms with Crippen LogP contribution in [0.3, 0.4) is 0 Å². The first-order chi connectivity index (χ1) is 6.81. The monoisotopic (exact) mass is 192 g/mol. The van der Waals surface area contributed by atoms with Gasteiger partial charge in [0.2, 0.25) is 0 Å². The molecule has 14 heavy (non-hydrogen) atoms. The maximum Gasteiger partial charge on any atom is 0.118 e. The second-order valence-corrected chi connectivity index (χ2v) is 4.11. The standard InChI is InChI=1S/C12H16O2/c13-8-11(9-5-6-9)7-10-3-1-2-4-12(10)14/h1-4,9,11,13-14H,5-8H2. The third kappa shape index (κ3) is 2.07. The Bertz CT molecular complexity index is 305. The summed E-state index contributed by atoms with van der Waals surface area (Å²) in [5.41, 5.74) is 0.957. The summed E-state index contributed by atoms with van der Waals surface area (Å²) in [6, 6.07) is 7.39. The molecule has 1 aromatic rings. The maximum atomic E-state index is 9.58. The van der Waals surface area contributed by atoms with Gasteiger partial charge in [-0.3, -0.25) is 0 Å². The molecule has 0 aromatic heterocycles. The van der Waals surface area contributed by atoms with E-state index < -0.39 is 0 Å². The fourth-order valence-electron chi connectivity index (χ4n) is 1.91. The van der Waals surface area contributed by atoms with Crippen molar-refractivity contribution in [1.29, 1.82) is 0 Å². The van der Waals surface area contributed by atoms with Gasteiger partial charge in [-0.25, -0.2) is 0 Å². The van der Waals surface area contributed by atoms with E-state index in [2.05, 4.69) is 0 Å². The van der Waals surface area contributed by atoms with E-state index in [1.54, 1.807) is 6.07 Å². The van der Waals surface area contributed by atoms with Crippen LogP contribution in [0.4, 0.5) is 0 Å². The van der Waals surface area contributed by atoms with Crippen LogP contribution in [0.15, 0.2) is 24.3 Å². The van der Waals surface area contributed by atoms with Gasteiger partial charge in [-0.2, -0.15) is 0 Å². The van der Waals surface area contributed by atoms with E-state index in [4.69, 9.17) is 0 Å². The summed E-state index contributed by atoms with van der Waals surface area (Å²) in [5, 5.41) is 18.8. The maximum absolute atomic E-state index is 9.58. The molecule has 0 heterocycles. The average molecular weight is 192 g/mol. The van der Waals surface area contributed by atoms with Crippen LogP contribution in [0.2, 0.25) is 0 Å². The number of aliphatic hydroxyl groups excluding tert-OH is 1. The lowest BCUT2D eigenvalue weighted by atomic mass is 9.95. The molecule has 0 spiro atoms. The number of para-hydroxylation sites is 1. The minimum atomic E-state index is 0.235. The van der Waals surface area contributed by atoms with Crippen molar-refractivity contribution in [2.75, 3.05) is 6.61 Å². The molecule has 2 N–H and O–H groups in total. The predicted molar refractivity (Wildman–Crippen MR) is 55.1 cm³/mol. The van der Waals surface area contributed by atoms with Crippen molar-refractivity contribution in [3.05, 3.63) is 29.8 Å². The number of phenolic OH excluding ortho intramolecular Hbond substituents is 1. The second kappa shape index (κ2) is 4.01. The smallest absolute Gasteiger partial charge is 0.118 e. The van der Waals surface area contributed by atoms with Gasteiger partial charge < -0.3 is 10.2 Å². The first kappa shape index (κ1) is 9.53. The SMILES string of the molecule is OCC(Cc1ccccc1O)C1CC1. The minimum Gasteiger partial charge on any atom is -0.508 e. The van der Waals surface area contributed by atoms with Crippen LogP contribution in [0.5, 0.6) is 5.75 Å². The Morgan fingerprint density at radius 2 is 2.00 bits per heavy atom. The van der Waals surface area contributed by atoms with E-state index in [0.717, 1.165) is 12.0 Å². The number of aromatic hydroxyl groups is 1. The number of phenols is 1. The molecule has 1 saturated carbocycles. The summed E-state index contributed by atoms with van der Waals surface area (Å²) in [6.45, 7) is 0.235. The van der Waals surface area contributed by atoms with Crippen LogP contribution in [-0.4, -0.2) is 16.8 Å². The highest BCUT2D eigenvalue weighted by Gasteiger charge is 2.30. The summed E-state index contributed by atoms with van der Waals surface area (Å²) in [6.07, 6.45) is 3.27. The molecule has 0 bridgehead atoms. The summed E-state index contributed by atoms with van der Waals surface area (Å²) in [4.78, 5) is 0. The lowest BCUT2D eigenvalue weighted by molar-refractivity contribution is 0.208. The van der Waals surface area contributed by atoms with Gasteiger partial charge in [-0.15, -0.1) is 0 Å². The Labute approximate surface area is 84.2 Å². The average Bonchev–Trinajstić information content (AvgIpc) is 3.00. The first-order valence-electron chi connectivity index (χ1n) is 5.19. The Morgan fingerprint density at radius 3 is 2.57 bits per heavy atom. The van der Waals surface area contributed by atoms with Crippen LogP contribution in [0.1, 0.15) is 18.4 Å². The first-order valence-corrected chi connectivity index (χ1v) is 5.19. The molecule has 2 heteroatoms. The largest absolute Gasteiger partial charge is 0.508 e. The van der Waals surface area contributed by atoms with Gasteiger partial charge in [0.05, 0.1) is 0 Å². The van der Waals surface area contributed by atoms with Crippen LogP contribution in [-0.2, 0) is 6.42 Å². The van der Waals surface area contributed by atoms with Crippen molar-refractivity contribution >= 4 is 0 Å². The van der Waals surface area contributed by atoms with Crippen molar-refractivity contribution in [3.63, 3.8) is 0 Å². The molecule has 0 aliphatic heterocycles. The predicted octanol–water partition coefficient (Wildman–Crippen LogP) is 1.95. The van der Waals surface area contributed by atoms with E-state index in [1.165, 1.54) is 12.8 Å². The molecule has 0 radical (unpaired) electrons. The van der Waals surface area contributed by atoms with Crippen molar-refractivity contribution in [1.82, 2.24) is 0 Å². The number of hydrogen-bond donors (Lipinski definition) is 2. The van der Waals surface area contributed by atoms with Gasteiger partial charge in [-0.05, 0) is 42.7 Å². The molecule has 2 rings (SSSR count). The van der Waals surface area contributed by atoms with Gasteiger partial charge in [0.1, 0.15) is 5.75 Å². The van der Waals surface area contributed by atoms with Gasteiger partial charge >= 0.3 is 0 Å². The molecule has 1 aliphatic carbocycles. The highest BCUT2D eigenvalue weighted by molar-refractivity contribution is 5.32. The molecule has 1 aliphatic rings. The van der Waals surface area contributed by atoms with Crippen LogP contribution >= 0.6 is 0 Å². The zero-order valence-electron chi connectivity index (χ0n) is 8.19. The summed E-state index contributed by atoms with van der Waals surface area (Å²) in [7, 11) is 0. The Balaban J connectivity index is 2.04. The Morgan fingerprint density at radius 1 is 1.29 bits per heavy atom. The van der Waals surface area contributed by atoms with E-state index in [-0.39, 0.29) is 6.61 Å². The molecule has 1 fully saturated rings. The normalized spacial score (nSPS) is 18.1. The topological polar surface area (TPSA) is 40.5 Å². The summed E-state index contributed by atoms with van der Waals surface area (Å²) in [5.74, 6) is 1.37. The van der Waals surface area contributed by atoms with Crippen molar-refractivity contribution in [2.45, 2.75) is 19.3 Å². The zero-order valence-corrected chi connectivity index (χ0v) is 8.19. The number of aliphatic hydroxyl groups is 1. The quantitative estimate of drug-likeness (QED) is 0.765. The van der Waals surface area contributed by atoms with E-state index in [9.17, 15) is 10.2 Å². The molecule has 0 saturated heterocycles. The van der Waals surface area contributed by atoms with Crippen LogP contribution in [0, 0.1) is 11.8 Å². The van der Waals surface area contributed by atoms with Gasteiger partial charge in [-0.1, -0.05) is 18.2 Å². The number of rotatable bonds is 4. The van der Waals surface area contributed by atoms with Crippen molar-refractivity contribution in [2.24, 2.45) is 11.8 Å². The second-order valence-electron chi connectivity index (χ2n) is 4.11. The van der Waals surface area contributed by atoms with Crippen molar-refractivity contribution in [3.8, 4) is 5.75 Å². The Hall–Kier alpha value is -1.02. The van der Waals surface area contributed by atoms with Crippen LogP contribution < -0.4 is 0 Å². The highest BCUT2D eigenvalue weighted by atomic mass is 16.3. The van der Waals surface area contributed by atoms with Crippen molar-refractivity contribution < 1.29 is 10.2 Å². The highest BCUT2D eigenvalue weighted by Crippen LogP contribution is 2.39. The summed E-state index contributed by atoms with van der Waals surface area (Å²) < 4.78 is 0. The molecule has 1 unspecified atom stereocenters. The fourth-order valence-corrected chi connectivity index (χ4v) is 1.91. The Kier molecular flexibility index (Phi) is 2.73. The molecule has 76 valence electrons. The molecule has 2 nitrogen and oxygen atoms in total. The lowest BCUT2D eigenvalue weighted by Gasteiger charge is -2.13. The van der Waals surface area contributed by atoms with Gasteiger partial charge in [0.15, 0.2) is 0 Å². The third-order valence-corrected chi connectivity index (χ3v) is 3.00. The number of benzene rings is 1. The molecule has 1 atom stereocenters. The number of hydrogen-bond acceptors (Lipinski definition) is 2. The molecule has 1 aromatic carbocycles. The fraction of sp³-hybridized carbons (Fsp3) is 0.500. The third-order valence-electron chi connectivity index (χ3n) is 3.00. The van der Waals surface area contributed by atoms with Gasteiger partial charge in [0, 0.05) is 6.61 Å². The van der Waals surface area contributed by atoms with E-state index in [0.29, 0.717) is 17.6 Å². The van der Waals surface area contributed by atoms with Gasteiger partial charge in [0.25, 0.3) is 0 Å². The summed E-state index contributed by atoms with van der Waals surface area (Å²) >= 11 is 0. The van der Waals surface area contributed by atoms with E-state index in [1.807, 2.05) is 18.2 Å². The minimum absolute atomic E-state index is 0.235. The molecular formula is C12H16O2. The molecule has 0 amide bonds. The lowest BCUT2D eigenvalue weighted by Crippen LogP contribution is -2.11. The molecular weight excluding hydrogens is 176 g/mol. The van der Waals surface area contributed by atoms with E-state index >= 15 is 0 Å². The van der Waals surface area contributed by atoms with Crippen LogP contribution in [0.25, 0.3) is 0 Å².